The van der Waals surface area contributed by atoms with Gasteiger partial charge in [0.15, 0.2) is 0 Å². The van der Waals surface area contributed by atoms with Gasteiger partial charge in [0, 0.05) is 21.1 Å². The number of hydrogen-bond donors (Lipinski definition) is 2. The molecule has 0 fully saturated rings. The van der Waals surface area contributed by atoms with Crippen molar-refractivity contribution in [1.29, 1.82) is 0 Å². The summed E-state index contributed by atoms with van der Waals surface area (Å²) in [4.78, 5) is 11.3. The van der Waals surface area contributed by atoms with E-state index in [0.717, 1.165) is 20.1 Å². The molecule has 2 aromatic carbocycles. The average Bonchev–Trinajstić information content (AvgIpc) is 2.34. The lowest BCUT2D eigenvalue weighted by Gasteiger charge is -2.10. The number of halogens is 2. The van der Waals surface area contributed by atoms with Crippen LogP contribution in [0.1, 0.15) is 21.5 Å². The predicted molar refractivity (Wildman–Crippen MR) is 84.0 cm³/mol. The number of carbonyl (C=O) groups is 1. The first-order chi connectivity index (χ1) is 8.99. The van der Waals surface area contributed by atoms with Gasteiger partial charge in [-0.05, 0) is 29.3 Å². The minimum absolute atomic E-state index is 0.366. The van der Waals surface area contributed by atoms with Crippen LogP contribution in [0.25, 0.3) is 0 Å². The van der Waals surface area contributed by atoms with E-state index in [1.54, 1.807) is 12.1 Å². The van der Waals surface area contributed by atoms with E-state index in [1.807, 2.05) is 24.3 Å². The molecule has 0 saturated heterocycles. The van der Waals surface area contributed by atoms with Crippen LogP contribution in [-0.2, 0) is 6.42 Å². The van der Waals surface area contributed by atoms with Crippen LogP contribution >= 0.6 is 31.9 Å². The number of para-hydroxylation sites is 1. The van der Waals surface area contributed by atoms with Crippen LogP contribution in [0, 0.1) is 0 Å². The molecule has 0 heterocycles. The molecule has 98 valence electrons. The van der Waals surface area contributed by atoms with Crippen molar-refractivity contribution in [3.63, 3.8) is 0 Å². The maximum atomic E-state index is 11.3. The second kappa shape index (κ2) is 5.75. The van der Waals surface area contributed by atoms with Crippen molar-refractivity contribution in [2.24, 2.45) is 5.73 Å². The fraction of sp³-hybridized carbons (Fsp3) is 0.0714. The summed E-state index contributed by atoms with van der Waals surface area (Å²) in [7, 11) is 0. The molecule has 0 radical (unpaired) electrons. The molecule has 3 nitrogen and oxygen atoms in total. The number of carbonyl (C=O) groups excluding carboxylic acids is 1. The highest BCUT2D eigenvalue weighted by Crippen LogP contribution is 2.27. The smallest absolute Gasteiger partial charge is 0.250 e. The normalized spacial score (nSPS) is 10.4. The molecule has 0 spiro atoms. The maximum Gasteiger partial charge on any atom is 0.250 e. The first kappa shape index (κ1) is 14.1. The number of amides is 1. The van der Waals surface area contributed by atoms with Crippen LogP contribution in [0.15, 0.2) is 45.3 Å². The molecule has 4 N–H and O–H groups in total. The summed E-state index contributed by atoms with van der Waals surface area (Å²) in [5.41, 5.74) is 14.1. The largest absolute Gasteiger partial charge is 0.398 e. The van der Waals surface area contributed by atoms with E-state index in [-0.39, 0.29) is 0 Å². The molecule has 2 aromatic rings. The molecule has 2 rings (SSSR count). The lowest BCUT2D eigenvalue weighted by Crippen LogP contribution is -2.14. The van der Waals surface area contributed by atoms with Gasteiger partial charge in [0.25, 0.3) is 5.91 Å². The van der Waals surface area contributed by atoms with E-state index >= 15 is 0 Å². The summed E-state index contributed by atoms with van der Waals surface area (Å²) < 4.78 is 1.99. The molecule has 0 aromatic heterocycles. The zero-order chi connectivity index (χ0) is 14.0. The van der Waals surface area contributed by atoms with Gasteiger partial charge in [-0.2, -0.15) is 0 Å². The minimum atomic E-state index is -0.505. The molecule has 0 atom stereocenters. The van der Waals surface area contributed by atoms with Crippen LogP contribution in [0.5, 0.6) is 0 Å². The van der Waals surface area contributed by atoms with Crippen molar-refractivity contribution in [2.45, 2.75) is 6.42 Å². The summed E-state index contributed by atoms with van der Waals surface area (Å²) in [5.74, 6) is -0.505. The Kier molecular flexibility index (Phi) is 4.27. The first-order valence-corrected chi connectivity index (χ1v) is 7.18. The second-order valence-corrected chi connectivity index (χ2v) is 5.93. The van der Waals surface area contributed by atoms with Gasteiger partial charge in [-0.1, -0.05) is 50.1 Å². The zero-order valence-corrected chi connectivity index (χ0v) is 13.2. The standard InChI is InChI=1S/C14H12Br2N2O/c15-10-5-4-8(12(16)7-10)6-9-2-1-3-11(13(9)17)14(18)19/h1-5,7H,6,17H2,(H2,18,19). The van der Waals surface area contributed by atoms with Crippen LogP contribution in [-0.4, -0.2) is 5.91 Å². The third-order valence-electron chi connectivity index (χ3n) is 2.86. The number of rotatable bonds is 3. The average molecular weight is 384 g/mol. The molecule has 0 aliphatic rings. The Balaban J connectivity index is 2.38. The maximum absolute atomic E-state index is 11.3. The van der Waals surface area contributed by atoms with E-state index in [9.17, 15) is 4.79 Å². The van der Waals surface area contributed by atoms with Gasteiger partial charge >= 0.3 is 0 Å². The SMILES string of the molecule is NC(=O)c1cccc(Cc2ccc(Br)cc2Br)c1N. The van der Waals surface area contributed by atoms with Crippen molar-refractivity contribution in [3.05, 3.63) is 62.0 Å². The Morgan fingerprint density at radius 3 is 2.47 bits per heavy atom. The van der Waals surface area contributed by atoms with Crippen molar-refractivity contribution in [2.75, 3.05) is 5.73 Å². The summed E-state index contributed by atoms with van der Waals surface area (Å²) >= 11 is 6.93. The van der Waals surface area contributed by atoms with Crippen LogP contribution in [0.4, 0.5) is 5.69 Å². The molecular formula is C14H12Br2N2O. The molecule has 0 aliphatic heterocycles. The highest BCUT2D eigenvalue weighted by molar-refractivity contribution is 9.11. The predicted octanol–water partition coefficient (Wildman–Crippen LogP) is 3.48. The van der Waals surface area contributed by atoms with Gasteiger partial charge in [-0.15, -0.1) is 0 Å². The number of nitrogen functional groups attached to an aromatic ring is 1. The van der Waals surface area contributed by atoms with Gasteiger partial charge in [0.05, 0.1) is 5.56 Å². The highest BCUT2D eigenvalue weighted by Gasteiger charge is 2.11. The lowest BCUT2D eigenvalue weighted by molar-refractivity contribution is 0.100. The lowest BCUT2D eigenvalue weighted by atomic mass is 10.00. The van der Waals surface area contributed by atoms with Crippen molar-refractivity contribution in [3.8, 4) is 0 Å². The number of benzene rings is 2. The summed E-state index contributed by atoms with van der Waals surface area (Å²) in [6.07, 6.45) is 0.640. The molecule has 1 amide bonds. The van der Waals surface area contributed by atoms with E-state index in [1.165, 1.54) is 0 Å². The van der Waals surface area contributed by atoms with Gasteiger partial charge in [0.1, 0.15) is 0 Å². The second-order valence-electron chi connectivity index (χ2n) is 4.16. The van der Waals surface area contributed by atoms with Crippen molar-refractivity contribution < 1.29 is 4.79 Å². The molecule has 0 aliphatic carbocycles. The molecule has 0 bridgehead atoms. The quantitative estimate of drug-likeness (QED) is 0.796. The molecular weight excluding hydrogens is 372 g/mol. The molecule has 0 saturated carbocycles. The van der Waals surface area contributed by atoms with E-state index in [4.69, 9.17) is 11.5 Å². The monoisotopic (exact) mass is 382 g/mol. The van der Waals surface area contributed by atoms with Gasteiger partial charge < -0.3 is 11.5 Å². The number of primary amides is 1. The Labute approximate surface area is 128 Å². The zero-order valence-electron chi connectivity index (χ0n) is 9.99. The fourth-order valence-corrected chi connectivity index (χ4v) is 3.04. The van der Waals surface area contributed by atoms with Crippen LogP contribution in [0.3, 0.4) is 0 Å². The minimum Gasteiger partial charge on any atom is -0.398 e. The summed E-state index contributed by atoms with van der Waals surface area (Å²) in [6, 6.07) is 11.3. The third kappa shape index (κ3) is 3.16. The van der Waals surface area contributed by atoms with E-state index in [0.29, 0.717) is 17.7 Å². The summed E-state index contributed by atoms with van der Waals surface area (Å²) in [5, 5.41) is 0. The Morgan fingerprint density at radius 1 is 1.11 bits per heavy atom. The number of anilines is 1. The first-order valence-electron chi connectivity index (χ1n) is 5.60. The van der Waals surface area contributed by atoms with Gasteiger partial charge in [-0.25, -0.2) is 0 Å². The Bertz CT molecular complexity index is 641. The van der Waals surface area contributed by atoms with E-state index in [2.05, 4.69) is 31.9 Å². The van der Waals surface area contributed by atoms with E-state index < -0.39 is 5.91 Å². The fourth-order valence-electron chi connectivity index (χ4n) is 1.85. The van der Waals surface area contributed by atoms with Crippen LogP contribution in [0.2, 0.25) is 0 Å². The molecule has 5 heteroatoms. The Morgan fingerprint density at radius 2 is 1.84 bits per heavy atom. The van der Waals surface area contributed by atoms with Crippen molar-refractivity contribution in [1.82, 2.24) is 0 Å². The van der Waals surface area contributed by atoms with Crippen molar-refractivity contribution >= 4 is 43.5 Å². The topological polar surface area (TPSA) is 69.1 Å². The number of nitrogens with two attached hydrogens (primary N) is 2. The number of hydrogen-bond acceptors (Lipinski definition) is 2. The Hall–Kier alpha value is -1.33. The third-order valence-corrected chi connectivity index (χ3v) is 4.09. The van der Waals surface area contributed by atoms with Crippen LogP contribution < -0.4 is 11.5 Å². The van der Waals surface area contributed by atoms with Gasteiger partial charge in [-0.3, -0.25) is 4.79 Å². The van der Waals surface area contributed by atoms with Gasteiger partial charge in [0.2, 0.25) is 0 Å². The molecule has 19 heavy (non-hydrogen) atoms. The highest BCUT2D eigenvalue weighted by atomic mass is 79.9. The summed E-state index contributed by atoms with van der Waals surface area (Å²) in [6.45, 7) is 0. The molecule has 0 unspecified atom stereocenters.